The molecule has 2 heterocycles. The van der Waals surface area contributed by atoms with Gasteiger partial charge in [0.1, 0.15) is 0 Å². The average Bonchev–Trinajstić information content (AvgIpc) is 3.30. The lowest BCUT2D eigenvalue weighted by Crippen LogP contribution is -2.28. The number of amides is 2. The van der Waals surface area contributed by atoms with Gasteiger partial charge in [0, 0.05) is 29.9 Å². The highest BCUT2D eigenvalue weighted by Gasteiger charge is 2.37. The summed E-state index contributed by atoms with van der Waals surface area (Å²) in [5.74, 6) is -2.06. The third kappa shape index (κ3) is 3.95. The van der Waals surface area contributed by atoms with Crippen LogP contribution in [0, 0.1) is 5.92 Å². The number of para-hydroxylation sites is 1. The van der Waals surface area contributed by atoms with E-state index >= 15 is 0 Å². The van der Waals surface area contributed by atoms with Crippen molar-refractivity contribution in [3.05, 3.63) is 59.2 Å². The van der Waals surface area contributed by atoms with Crippen LogP contribution < -0.4 is 10.2 Å². The van der Waals surface area contributed by atoms with Gasteiger partial charge in [-0.15, -0.1) is 0 Å². The molecule has 2 aliphatic heterocycles. The Hall–Kier alpha value is -3.48. The van der Waals surface area contributed by atoms with Crippen molar-refractivity contribution in [2.45, 2.75) is 32.6 Å². The second-order valence-corrected chi connectivity index (χ2v) is 7.93. The van der Waals surface area contributed by atoms with Gasteiger partial charge in [0.15, 0.2) is 12.4 Å². The number of carbonyl (C=O) groups excluding carboxylic acids is 4. The first kappa shape index (κ1) is 20.8. The van der Waals surface area contributed by atoms with Gasteiger partial charge in [-0.2, -0.15) is 0 Å². The molecule has 4 rings (SSSR count). The molecule has 1 saturated heterocycles. The molecule has 2 aromatic carbocycles. The number of carbonyl (C=O) groups is 4. The third-order valence-corrected chi connectivity index (χ3v) is 5.96. The molecule has 0 aromatic heterocycles. The molecule has 0 aliphatic carbocycles. The predicted octanol–water partition coefficient (Wildman–Crippen LogP) is 3.08. The number of Topliss-reactive ketones (excluding diaryl/α,β-unsaturated/α-hetero) is 1. The number of rotatable bonds is 6. The van der Waals surface area contributed by atoms with E-state index in [-0.39, 0.29) is 36.5 Å². The molecule has 0 bridgehead atoms. The van der Waals surface area contributed by atoms with Gasteiger partial charge in [0.25, 0.3) is 0 Å². The highest BCUT2D eigenvalue weighted by Crippen LogP contribution is 2.33. The number of benzene rings is 2. The second kappa shape index (κ2) is 8.34. The Morgan fingerprint density at radius 1 is 1.16 bits per heavy atom. The molecule has 7 nitrogen and oxygen atoms in total. The molecular weight excluding hydrogens is 396 g/mol. The summed E-state index contributed by atoms with van der Waals surface area (Å²) in [6.45, 7) is 3.63. The largest absolute Gasteiger partial charge is 0.457 e. The summed E-state index contributed by atoms with van der Waals surface area (Å²) in [7, 11) is 0. The molecule has 0 unspecified atom stereocenters. The van der Waals surface area contributed by atoms with Crippen molar-refractivity contribution in [3.63, 3.8) is 0 Å². The highest BCUT2D eigenvalue weighted by atomic mass is 16.5. The van der Waals surface area contributed by atoms with Crippen LogP contribution in [0.4, 0.5) is 11.4 Å². The lowest BCUT2D eigenvalue weighted by molar-refractivity contribution is -0.147. The van der Waals surface area contributed by atoms with Gasteiger partial charge in [-0.05, 0) is 48.7 Å². The number of ketones is 1. The Labute approximate surface area is 180 Å². The molecule has 2 aliphatic rings. The molecule has 0 spiro atoms. The van der Waals surface area contributed by atoms with Crippen molar-refractivity contribution in [2.24, 2.45) is 5.92 Å². The monoisotopic (exact) mass is 420 g/mol. The normalized spacial score (nSPS) is 19.9. The molecule has 1 N–H and O–H groups in total. The van der Waals surface area contributed by atoms with Crippen LogP contribution in [-0.4, -0.2) is 36.7 Å². The van der Waals surface area contributed by atoms with Gasteiger partial charge < -0.3 is 15.0 Å². The lowest BCUT2D eigenvalue weighted by Gasteiger charge is -2.19. The van der Waals surface area contributed by atoms with Gasteiger partial charge in [0.05, 0.1) is 11.8 Å². The van der Waals surface area contributed by atoms with Crippen LogP contribution in [0.1, 0.15) is 47.7 Å². The Morgan fingerprint density at radius 3 is 2.71 bits per heavy atom. The zero-order chi connectivity index (χ0) is 22.1. The highest BCUT2D eigenvalue weighted by molar-refractivity contribution is 6.05. The number of nitrogens with zero attached hydrogens (tertiary/aromatic N) is 1. The van der Waals surface area contributed by atoms with Crippen LogP contribution in [0.2, 0.25) is 0 Å². The van der Waals surface area contributed by atoms with E-state index in [4.69, 9.17) is 4.74 Å². The van der Waals surface area contributed by atoms with E-state index in [0.717, 1.165) is 23.2 Å². The molecule has 2 aromatic rings. The van der Waals surface area contributed by atoms with E-state index in [0.29, 0.717) is 11.3 Å². The molecule has 1 fully saturated rings. The number of nitrogens with one attached hydrogen (secondary N) is 1. The maximum Gasteiger partial charge on any atom is 0.311 e. The van der Waals surface area contributed by atoms with E-state index in [9.17, 15) is 19.2 Å². The Morgan fingerprint density at radius 2 is 1.94 bits per heavy atom. The fourth-order valence-electron chi connectivity index (χ4n) is 4.10. The van der Waals surface area contributed by atoms with Gasteiger partial charge in [-0.3, -0.25) is 19.2 Å². The lowest BCUT2D eigenvalue weighted by atomic mass is 9.99. The summed E-state index contributed by atoms with van der Waals surface area (Å²) in [6, 6.07) is 12.6. The summed E-state index contributed by atoms with van der Waals surface area (Å²) in [6.07, 6.45) is 0.847. The van der Waals surface area contributed by atoms with Crippen LogP contribution in [0.15, 0.2) is 42.5 Å². The average molecular weight is 420 g/mol. The summed E-state index contributed by atoms with van der Waals surface area (Å²) in [5, 5.41) is 2.76. The summed E-state index contributed by atoms with van der Waals surface area (Å²) >= 11 is 0. The number of fused-ring (bicyclic) bond motifs is 1. The van der Waals surface area contributed by atoms with Crippen molar-refractivity contribution < 1.29 is 23.9 Å². The fourth-order valence-corrected chi connectivity index (χ4v) is 4.10. The number of hydrogen-bond acceptors (Lipinski definition) is 5. The van der Waals surface area contributed by atoms with E-state index < -0.39 is 18.5 Å². The molecule has 0 saturated carbocycles. The van der Waals surface area contributed by atoms with Crippen LogP contribution in [0.3, 0.4) is 0 Å². The van der Waals surface area contributed by atoms with Crippen molar-refractivity contribution in [3.8, 4) is 0 Å². The zero-order valence-electron chi connectivity index (χ0n) is 17.5. The third-order valence-electron chi connectivity index (χ3n) is 5.96. The quantitative estimate of drug-likeness (QED) is 0.573. The molecule has 31 heavy (non-hydrogen) atoms. The van der Waals surface area contributed by atoms with E-state index in [2.05, 4.69) is 5.32 Å². The predicted molar refractivity (Wildman–Crippen MR) is 115 cm³/mol. The second-order valence-electron chi connectivity index (χ2n) is 7.93. The Kier molecular flexibility index (Phi) is 5.59. The minimum Gasteiger partial charge on any atom is -0.457 e. The van der Waals surface area contributed by atoms with Gasteiger partial charge in [0.2, 0.25) is 11.8 Å². The first-order chi connectivity index (χ1) is 14.9. The minimum absolute atomic E-state index is 0.0647. The molecule has 2 atom stereocenters. The molecular formula is C24H24N2O5. The number of aryl methyl sites for hydroxylation is 1. The number of esters is 1. The SMILES string of the molecule is CCc1ccccc1N1C[C@H](C(=O)OCC(=O)c2ccc3c(c2)[C@@H](C)C(=O)N3)CC1=O. The van der Waals surface area contributed by atoms with Crippen LogP contribution in [0.25, 0.3) is 0 Å². The maximum atomic E-state index is 12.5. The maximum absolute atomic E-state index is 12.5. The van der Waals surface area contributed by atoms with Crippen LogP contribution in [0.5, 0.6) is 0 Å². The summed E-state index contributed by atoms with van der Waals surface area (Å²) in [5.41, 5.74) is 3.70. The molecule has 7 heteroatoms. The molecule has 2 amide bonds. The van der Waals surface area contributed by atoms with Crippen LogP contribution in [-0.2, 0) is 25.5 Å². The van der Waals surface area contributed by atoms with Crippen LogP contribution >= 0.6 is 0 Å². The van der Waals surface area contributed by atoms with Crippen molar-refractivity contribution in [2.75, 3.05) is 23.4 Å². The standard InChI is InChI=1S/C24H24N2O5/c1-3-15-6-4-5-7-20(15)26-12-17(11-22(26)28)24(30)31-13-21(27)16-8-9-19-18(10-16)14(2)23(29)25-19/h4-10,14,17H,3,11-13H2,1-2H3,(H,25,29)/t14-,17-/m1/s1. The molecule has 0 radical (unpaired) electrons. The minimum atomic E-state index is -0.605. The van der Waals surface area contributed by atoms with E-state index in [1.165, 1.54) is 0 Å². The topological polar surface area (TPSA) is 92.8 Å². The first-order valence-corrected chi connectivity index (χ1v) is 10.4. The Balaban J connectivity index is 1.38. The van der Waals surface area contributed by atoms with Crippen molar-refractivity contribution in [1.82, 2.24) is 0 Å². The van der Waals surface area contributed by atoms with E-state index in [1.54, 1.807) is 30.0 Å². The smallest absolute Gasteiger partial charge is 0.311 e. The number of anilines is 2. The summed E-state index contributed by atoms with van der Waals surface area (Å²) < 4.78 is 5.25. The summed E-state index contributed by atoms with van der Waals surface area (Å²) in [4.78, 5) is 51.0. The number of ether oxygens (including phenoxy) is 1. The van der Waals surface area contributed by atoms with Gasteiger partial charge in [-0.1, -0.05) is 25.1 Å². The number of hydrogen-bond donors (Lipinski definition) is 1. The zero-order valence-corrected chi connectivity index (χ0v) is 17.5. The fraction of sp³-hybridized carbons (Fsp3) is 0.333. The first-order valence-electron chi connectivity index (χ1n) is 10.4. The van der Waals surface area contributed by atoms with Crippen molar-refractivity contribution in [1.29, 1.82) is 0 Å². The molecule has 160 valence electrons. The Bertz CT molecular complexity index is 1080. The van der Waals surface area contributed by atoms with E-state index in [1.807, 2.05) is 31.2 Å². The van der Waals surface area contributed by atoms with Gasteiger partial charge in [-0.25, -0.2) is 0 Å². The van der Waals surface area contributed by atoms with Crippen molar-refractivity contribution >= 4 is 34.9 Å². The van der Waals surface area contributed by atoms with Gasteiger partial charge >= 0.3 is 5.97 Å².